The largest absolute Gasteiger partial charge is 0.372 e. The van der Waals surface area contributed by atoms with Crippen molar-refractivity contribution in [2.24, 2.45) is 0 Å². The molecular formula is C17H24N4O2. The lowest BCUT2D eigenvalue weighted by Crippen LogP contribution is -2.50. The molecule has 2 fully saturated rings. The minimum atomic E-state index is -0.552. The number of nitrogens with zero attached hydrogens (tertiary/aromatic N) is 3. The number of nitrogens with one attached hydrogen (secondary N) is 1. The van der Waals surface area contributed by atoms with Gasteiger partial charge in [0.15, 0.2) is 0 Å². The molecule has 124 valence electrons. The van der Waals surface area contributed by atoms with Crippen molar-refractivity contribution in [2.45, 2.75) is 12.8 Å². The molecule has 2 amide bonds. The number of hydrogen-bond donors (Lipinski definition) is 1. The first-order chi connectivity index (χ1) is 11.1. The third-order valence-electron chi connectivity index (χ3n) is 4.58. The van der Waals surface area contributed by atoms with Crippen LogP contribution in [0, 0.1) is 0 Å². The van der Waals surface area contributed by atoms with Crippen LogP contribution in [-0.2, 0) is 9.59 Å². The average Bonchev–Trinajstić information content (AvgIpc) is 3.10. The first-order valence-corrected chi connectivity index (χ1v) is 8.27. The van der Waals surface area contributed by atoms with Crippen LogP contribution >= 0.6 is 0 Å². The van der Waals surface area contributed by atoms with Gasteiger partial charge in [-0.25, -0.2) is 0 Å². The number of piperazine rings is 1. The minimum Gasteiger partial charge on any atom is -0.372 e. The van der Waals surface area contributed by atoms with Gasteiger partial charge in [0, 0.05) is 50.6 Å². The summed E-state index contributed by atoms with van der Waals surface area (Å²) in [6.07, 6.45) is 2.47. The first kappa shape index (κ1) is 15.8. The van der Waals surface area contributed by atoms with E-state index in [0.717, 1.165) is 26.2 Å². The number of amides is 2. The van der Waals surface area contributed by atoms with Gasteiger partial charge in [-0.1, -0.05) is 0 Å². The van der Waals surface area contributed by atoms with Crippen LogP contribution < -0.4 is 10.2 Å². The molecule has 2 saturated heterocycles. The van der Waals surface area contributed by atoms with Crippen molar-refractivity contribution < 1.29 is 9.59 Å². The zero-order chi connectivity index (χ0) is 16.2. The summed E-state index contributed by atoms with van der Waals surface area (Å²) >= 11 is 0. The zero-order valence-electron chi connectivity index (χ0n) is 13.6. The summed E-state index contributed by atoms with van der Waals surface area (Å²) in [5, 5.41) is 2.71. The van der Waals surface area contributed by atoms with E-state index in [9.17, 15) is 9.59 Å². The summed E-state index contributed by atoms with van der Waals surface area (Å²) in [5.41, 5.74) is 1.84. The number of anilines is 2. The normalized spacial score (nSPS) is 19.0. The van der Waals surface area contributed by atoms with Gasteiger partial charge in [0.2, 0.25) is 0 Å². The molecule has 1 aromatic carbocycles. The maximum Gasteiger partial charge on any atom is 0.313 e. The highest BCUT2D eigenvalue weighted by molar-refractivity contribution is 6.39. The number of carbonyl (C=O) groups is 2. The van der Waals surface area contributed by atoms with E-state index in [-0.39, 0.29) is 0 Å². The molecule has 6 nitrogen and oxygen atoms in total. The molecule has 2 heterocycles. The van der Waals surface area contributed by atoms with E-state index in [1.807, 2.05) is 31.3 Å². The standard InChI is InChI=1S/C17H24N4O2/c1-19-10-12-21(13-11-19)17(23)16(22)18-14-4-6-15(7-5-14)20-8-2-3-9-20/h4-7H,2-3,8-13H2,1H3,(H,18,22). The van der Waals surface area contributed by atoms with E-state index in [1.54, 1.807) is 4.90 Å². The number of likely N-dealkylation sites (N-methyl/N-ethyl adjacent to an activating group) is 1. The molecule has 6 heteroatoms. The second-order valence-electron chi connectivity index (χ2n) is 6.29. The van der Waals surface area contributed by atoms with Crippen LogP contribution in [0.4, 0.5) is 11.4 Å². The van der Waals surface area contributed by atoms with Crippen LogP contribution in [0.2, 0.25) is 0 Å². The van der Waals surface area contributed by atoms with E-state index in [4.69, 9.17) is 0 Å². The summed E-state index contributed by atoms with van der Waals surface area (Å²) in [4.78, 5) is 30.4. The second kappa shape index (κ2) is 7.00. The van der Waals surface area contributed by atoms with Crippen LogP contribution in [0.3, 0.4) is 0 Å². The van der Waals surface area contributed by atoms with Crippen molar-refractivity contribution in [1.29, 1.82) is 0 Å². The van der Waals surface area contributed by atoms with Gasteiger partial charge in [-0.3, -0.25) is 9.59 Å². The molecule has 0 unspecified atom stereocenters. The Kier molecular flexibility index (Phi) is 4.81. The SMILES string of the molecule is CN1CCN(C(=O)C(=O)Nc2ccc(N3CCCC3)cc2)CC1. The van der Waals surface area contributed by atoms with Crippen molar-refractivity contribution in [2.75, 3.05) is 56.5 Å². The van der Waals surface area contributed by atoms with Gasteiger partial charge < -0.3 is 20.0 Å². The Hall–Kier alpha value is -2.08. The van der Waals surface area contributed by atoms with Crippen LogP contribution in [-0.4, -0.2) is 67.9 Å². The van der Waals surface area contributed by atoms with E-state index in [2.05, 4.69) is 15.1 Å². The van der Waals surface area contributed by atoms with Crippen LogP contribution in [0.15, 0.2) is 24.3 Å². The molecule has 0 saturated carbocycles. The summed E-state index contributed by atoms with van der Waals surface area (Å²) in [7, 11) is 2.02. The highest BCUT2D eigenvalue weighted by atomic mass is 16.2. The molecule has 1 N–H and O–H groups in total. The summed E-state index contributed by atoms with van der Waals surface area (Å²) in [6, 6.07) is 7.73. The highest BCUT2D eigenvalue weighted by Gasteiger charge is 2.24. The smallest absolute Gasteiger partial charge is 0.313 e. The quantitative estimate of drug-likeness (QED) is 0.827. The number of hydrogen-bond acceptors (Lipinski definition) is 4. The maximum atomic E-state index is 12.2. The molecule has 0 atom stereocenters. The Morgan fingerprint density at radius 1 is 0.913 bits per heavy atom. The number of carbonyl (C=O) groups excluding carboxylic acids is 2. The monoisotopic (exact) mass is 316 g/mol. The molecule has 23 heavy (non-hydrogen) atoms. The van der Waals surface area contributed by atoms with Crippen LogP contribution in [0.5, 0.6) is 0 Å². The van der Waals surface area contributed by atoms with Gasteiger partial charge in [-0.05, 0) is 44.2 Å². The molecule has 2 aliphatic heterocycles. The number of benzene rings is 1. The van der Waals surface area contributed by atoms with Gasteiger partial charge in [0.1, 0.15) is 0 Å². The zero-order valence-corrected chi connectivity index (χ0v) is 13.6. The third kappa shape index (κ3) is 3.82. The summed E-state index contributed by atoms with van der Waals surface area (Å²) in [6.45, 7) is 5.02. The van der Waals surface area contributed by atoms with Crippen molar-refractivity contribution in [3.8, 4) is 0 Å². The summed E-state index contributed by atoms with van der Waals surface area (Å²) in [5.74, 6) is -0.995. The Balaban J connectivity index is 1.55. The lowest BCUT2D eigenvalue weighted by molar-refractivity contribution is -0.144. The first-order valence-electron chi connectivity index (χ1n) is 8.27. The van der Waals surface area contributed by atoms with E-state index in [0.29, 0.717) is 18.8 Å². The number of rotatable bonds is 2. The van der Waals surface area contributed by atoms with Crippen molar-refractivity contribution in [3.05, 3.63) is 24.3 Å². The van der Waals surface area contributed by atoms with Gasteiger partial charge in [-0.2, -0.15) is 0 Å². The molecule has 3 rings (SSSR count). The molecule has 0 aromatic heterocycles. The topological polar surface area (TPSA) is 55.9 Å². The van der Waals surface area contributed by atoms with Gasteiger partial charge in [-0.15, -0.1) is 0 Å². The van der Waals surface area contributed by atoms with Gasteiger partial charge in [0.05, 0.1) is 0 Å². The molecule has 0 radical (unpaired) electrons. The molecule has 2 aliphatic rings. The Bertz CT molecular complexity index is 558. The molecular weight excluding hydrogens is 292 g/mol. The van der Waals surface area contributed by atoms with Gasteiger partial charge in [0.25, 0.3) is 0 Å². The lowest BCUT2D eigenvalue weighted by atomic mass is 10.2. The molecule has 1 aromatic rings. The average molecular weight is 316 g/mol. The van der Waals surface area contributed by atoms with Crippen molar-refractivity contribution in [3.63, 3.8) is 0 Å². The Labute approximate surface area is 137 Å². The second-order valence-corrected chi connectivity index (χ2v) is 6.29. The van der Waals surface area contributed by atoms with Crippen molar-refractivity contribution in [1.82, 2.24) is 9.80 Å². The molecule has 0 aliphatic carbocycles. The van der Waals surface area contributed by atoms with E-state index in [1.165, 1.54) is 18.5 Å². The highest BCUT2D eigenvalue weighted by Crippen LogP contribution is 2.22. The Morgan fingerprint density at radius 3 is 2.13 bits per heavy atom. The van der Waals surface area contributed by atoms with E-state index < -0.39 is 11.8 Å². The van der Waals surface area contributed by atoms with Crippen LogP contribution in [0.25, 0.3) is 0 Å². The van der Waals surface area contributed by atoms with Crippen LogP contribution in [0.1, 0.15) is 12.8 Å². The van der Waals surface area contributed by atoms with Gasteiger partial charge >= 0.3 is 11.8 Å². The fraction of sp³-hybridized carbons (Fsp3) is 0.529. The lowest BCUT2D eigenvalue weighted by Gasteiger charge is -2.31. The fourth-order valence-electron chi connectivity index (χ4n) is 3.07. The van der Waals surface area contributed by atoms with Crippen molar-refractivity contribution >= 4 is 23.2 Å². The predicted octanol–water partition coefficient (Wildman–Crippen LogP) is 0.999. The summed E-state index contributed by atoms with van der Waals surface area (Å²) < 4.78 is 0. The molecule has 0 bridgehead atoms. The predicted molar refractivity (Wildman–Crippen MR) is 90.6 cm³/mol. The maximum absolute atomic E-state index is 12.2. The Morgan fingerprint density at radius 2 is 1.52 bits per heavy atom. The molecule has 0 spiro atoms. The third-order valence-corrected chi connectivity index (χ3v) is 4.58. The van der Waals surface area contributed by atoms with E-state index >= 15 is 0 Å². The minimum absolute atomic E-state index is 0.443. The fourth-order valence-corrected chi connectivity index (χ4v) is 3.07.